The zero-order valence-corrected chi connectivity index (χ0v) is 14.0. The average Bonchev–Trinajstić information content (AvgIpc) is 3.34. The average molecular weight is 346 g/mol. The summed E-state index contributed by atoms with van der Waals surface area (Å²) in [6, 6.07) is 10.6. The first-order chi connectivity index (χ1) is 11.4. The molecule has 1 aliphatic rings. The van der Waals surface area contributed by atoms with Crippen molar-refractivity contribution in [2.75, 3.05) is 6.54 Å². The molecule has 1 saturated carbocycles. The number of nitrogens with zero attached hydrogens (tertiary/aromatic N) is 1. The summed E-state index contributed by atoms with van der Waals surface area (Å²) >= 11 is 0. The van der Waals surface area contributed by atoms with Crippen molar-refractivity contribution in [3.63, 3.8) is 0 Å². The Morgan fingerprint density at radius 2 is 1.96 bits per heavy atom. The maximum atomic E-state index is 12.5. The minimum Gasteiger partial charge on any atom is -0.476 e. The van der Waals surface area contributed by atoms with Crippen molar-refractivity contribution in [2.24, 2.45) is 0 Å². The van der Waals surface area contributed by atoms with Crippen LogP contribution in [-0.4, -0.2) is 31.0 Å². The van der Waals surface area contributed by atoms with Crippen LogP contribution in [0.4, 0.5) is 0 Å². The van der Waals surface area contributed by atoms with Gasteiger partial charge in [-0.25, -0.2) is 22.9 Å². The zero-order chi connectivity index (χ0) is 17.4. The third kappa shape index (κ3) is 3.05. The highest BCUT2D eigenvalue weighted by atomic mass is 32.2. The molecule has 126 valence electrons. The van der Waals surface area contributed by atoms with Crippen molar-refractivity contribution in [1.29, 1.82) is 0 Å². The molecule has 0 atom stereocenters. The van der Waals surface area contributed by atoms with E-state index in [2.05, 4.69) is 9.71 Å². The normalized spacial score (nSPS) is 15.9. The number of carbonyl (C=O) groups is 1. The lowest BCUT2D eigenvalue weighted by Gasteiger charge is -2.19. The lowest BCUT2D eigenvalue weighted by molar-refractivity contribution is 0.0685. The smallest absolute Gasteiger partial charge is 0.355 e. The van der Waals surface area contributed by atoms with Gasteiger partial charge in [-0.15, -0.1) is 0 Å². The molecule has 0 bridgehead atoms. The number of carboxylic acids is 1. The number of nitrogens with one attached hydrogen (secondary N) is 1. The molecule has 1 fully saturated rings. The van der Waals surface area contributed by atoms with Crippen LogP contribution in [0.1, 0.15) is 34.5 Å². The quantitative estimate of drug-likeness (QED) is 0.835. The highest BCUT2D eigenvalue weighted by Gasteiger charge is 2.45. The topological polar surface area (TPSA) is 96.4 Å². The Labute approximate surface area is 140 Å². The molecular formula is C17H18N2O4S. The second-order valence-corrected chi connectivity index (χ2v) is 7.81. The van der Waals surface area contributed by atoms with Gasteiger partial charge in [0, 0.05) is 18.2 Å². The summed E-state index contributed by atoms with van der Waals surface area (Å²) in [4.78, 5) is 14.5. The van der Waals surface area contributed by atoms with Gasteiger partial charge >= 0.3 is 5.97 Å². The second kappa shape index (κ2) is 5.99. The monoisotopic (exact) mass is 346 g/mol. The Morgan fingerprint density at radius 3 is 2.58 bits per heavy atom. The first-order valence-corrected chi connectivity index (χ1v) is 9.08. The molecule has 0 spiro atoms. The fraction of sp³-hybridized carbons (Fsp3) is 0.294. The van der Waals surface area contributed by atoms with Gasteiger partial charge in [-0.1, -0.05) is 24.3 Å². The molecule has 0 unspecified atom stereocenters. The van der Waals surface area contributed by atoms with Gasteiger partial charge in [0.25, 0.3) is 0 Å². The Kier molecular flexibility index (Phi) is 4.15. The van der Waals surface area contributed by atoms with E-state index in [4.69, 9.17) is 5.11 Å². The van der Waals surface area contributed by atoms with Gasteiger partial charge in [0.2, 0.25) is 10.0 Å². The van der Waals surface area contributed by atoms with Crippen LogP contribution in [0, 0.1) is 6.92 Å². The standard InChI is InChI=1S/C17H18N2O4S/c1-12-5-2-3-6-13(12)17(8-9-17)11-19-24(22,23)14-7-4-10-18-15(14)16(20)21/h2-7,10,19H,8-9,11H2,1H3,(H,20,21). The third-order valence-corrected chi connectivity index (χ3v) is 5.87. The molecule has 1 heterocycles. The van der Waals surface area contributed by atoms with Crippen molar-refractivity contribution in [2.45, 2.75) is 30.1 Å². The first kappa shape index (κ1) is 16.6. The fourth-order valence-corrected chi connectivity index (χ4v) is 4.21. The van der Waals surface area contributed by atoms with Crippen molar-refractivity contribution < 1.29 is 18.3 Å². The van der Waals surface area contributed by atoms with Crippen molar-refractivity contribution >= 4 is 16.0 Å². The van der Waals surface area contributed by atoms with E-state index in [0.717, 1.165) is 24.0 Å². The van der Waals surface area contributed by atoms with E-state index in [0.29, 0.717) is 0 Å². The van der Waals surface area contributed by atoms with Crippen LogP contribution < -0.4 is 4.72 Å². The van der Waals surface area contributed by atoms with Gasteiger partial charge in [0.1, 0.15) is 4.90 Å². The molecule has 0 saturated heterocycles. The predicted octanol–water partition coefficient (Wildman–Crippen LogP) is 2.10. The molecule has 24 heavy (non-hydrogen) atoms. The van der Waals surface area contributed by atoms with Crippen molar-refractivity contribution in [1.82, 2.24) is 9.71 Å². The number of hydrogen-bond acceptors (Lipinski definition) is 4. The molecule has 2 N–H and O–H groups in total. The Balaban J connectivity index is 1.85. The Morgan fingerprint density at radius 1 is 1.25 bits per heavy atom. The Hall–Kier alpha value is -2.25. The van der Waals surface area contributed by atoms with E-state index >= 15 is 0 Å². The predicted molar refractivity (Wildman–Crippen MR) is 88.5 cm³/mol. The first-order valence-electron chi connectivity index (χ1n) is 7.60. The van der Waals surface area contributed by atoms with Crippen molar-refractivity contribution in [3.05, 3.63) is 59.4 Å². The third-order valence-electron chi connectivity index (χ3n) is 4.43. The number of aromatic nitrogens is 1. The fourth-order valence-electron chi connectivity index (χ4n) is 2.94. The summed E-state index contributed by atoms with van der Waals surface area (Å²) in [6.45, 7) is 2.25. The highest BCUT2D eigenvalue weighted by Crippen LogP contribution is 2.48. The minimum atomic E-state index is -3.94. The summed E-state index contributed by atoms with van der Waals surface area (Å²) in [7, 11) is -3.94. The molecular weight excluding hydrogens is 328 g/mol. The van der Waals surface area contributed by atoms with Crippen LogP contribution in [0.5, 0.6) is 0 Å². The van der Waals surface area contributed by atoms with Gasteiger partial charge < -0.3 is 5.11 Å². The molecule has 3 rings (SSSR count). The number of carboxylic acid groups (broad SMARTS) is 1. The summed E-state index contributed by atoms with van der Waals surface area (Å²) in [5.41, 5.74) is 1.59. The van der Waals surface area contributed by atoms with Gasteiger partial charge in [0.15, 0.2) is 5.69 Å². The van der Waals surface area contributed by atoms with E-state index in [1.165, 1.54) is 18.3 Å². The molecule has 6 nitrogen and oxygen atoms in total. The number of pyridine rings is 1. The zero-order valence-electron chi connectivity index (χ0n) is 13.2. The van der Waals surface area contributed by atoms with E-state index in [-0.39, 0.29) is 16.9 Å². The van der Waals surface area contributed by atoms with E-state index in [1.807, 2.05) is 31.2 Å². The van der Waals surface area contributed by atoms with Crippen LogP contribution in [0.15, 0.2) is 47.5 Å². The molecule has 0 radical (unpaired) electrons. The van der Waals surface area contributed by atoms with Gasteiger partial charge in [0.05, 0.1) is 0 Å². The summed E-state index contributed by atoms with van der Waals surface area (Å²) < 4.78 is 27.6. The molecule has 7 heteroatoms. The Bertz CT molecular complexity index is 889. The van der Waals surface area contributed by atoms with Crippen LogP contribution >= 0.6 is 0 Å². The van der Waals surface area contributed by atoms with Crippen LogP contribution in [0.2, 0.25) is 0 Å². The van der Waals surface area contributed by atoms with Crippen LogP contribution in [0.3, 0.4) is 0 Å². The van der Waals surface area contributed by atoms with Gasteiger partial charge in [-0.05, 0) is 43.0 Å². The molecule has 0 amide bonds. The summed E-state index contributed by atoms with van der Waals surface area (Å²) in [5.74, 6) is -1.36. The number of hydrogen-bond donors (Lipinski definition) is 2. The van der Waals surface area contributed by atoms with E-state index in [9.17, 15) is 13.2 Å². The number of aromatic carboxylic acids is 1. The number of aryl methyl sites for hydroxylation is 1. The second-order valence-electron chi connectivity index (χ2n) is 6.08. The maximum Gasteiger partial charge on any atom is 0.355 e. The van der Waals surface area contributed by atoms with E-state index in [1.54, 1.807) is 0 Å². The SMILES string of the molecule is Cc1ccccc1C1(CNS(=O)(=O)c2cccnc2C(=O)O)CC1. The number of sulfonamides is 1. The van der Waals surface area contributed by atoms with Crippen LogP contribution in [0.25, 0.3) is 0 Å². The van der Waals surface area contributed by atoms with Gasteiger partial charge in [-0.2, -0.15) is 0 Å². The van der Waals surface area contributed by atoms with E-state index < -0.39 is 21.7 Å². The molecule has 1 aromatic carbocycles. The lowest BCUT2D eigenvalue weighted by atomic mass is 9.92. The highest BCUT2D eigenvalue weighted by molar-refractivity contribution is 7.89. The largest absolute Gasteiger partial charge is 0.476 e. The summed E-state index contributed by atoms with van der Waals surface area (Å²) in [5, 5.41) is 9.13. The van der Waals surface area contributed by atoms with Gasteiger partial charge in [-0.3, -0.25) is 0 Å². The molecule has 1 aromatic heterocycles. The molecule has 2 aromatic rings. The maximum absolute atomic E-state index is 12.5. The number of rotatable bonds is 6. The summed E-state index contributed by atoms with van der Waals surface area (Å²) in [6.07, 6.45) is 3.07. The van der Waals surface area contributed by atoms with Crippen molar-refractivity contribution in [3.8, 4) is 0 Å². The van der Waals surface area contributed by atoms with Crippen LogP contribution in [-0.2, 0) is 15.4 Å². The number of benzene rings is 1. The molecule has 1 aliphatic carbocycles. The molecule has 0 aliphatic heterocycles. The minimum absolute atomic E-state index is 0.204. The lowest BCUT2D eigenvalue weighted by Crippen LogP contribution is -2.33.